The van der Waals surface area contributed by atoms with Crippen LogP contribution in [0.15, 0.2) is 18.2 Å². The molecule has 2 amide bonds. The molecular formula is C14H21N3O2. The molecule has 1 aromatic rings. The van der Waals surface area contributed by atoms with Gasteiger partial charge in [-0.05, 0) is 38.1 Å². The van der Waals surface area contributed by atoms with Gasteiger partial charge in [-0.1, -0.05) is 12.1 Å². The highest BCUT2D eigenvalue weighted by Crippen LogP contribution is 2.17. The van der Waals surface area contributed by atoms with E-state index < -0.39 is 0 Å². The maximum Gasteiger partial charge on any atom is 0.243 e. The average Bonchev–Trinajstić information content (AvgIpc) is 2.35. The smallest absolute Gasteiger partial charge is 0.243 e. The first kappa shape index (κ1) is 15.2. The minimum absolute atomic E-state index is 0.0495. The molecular weight excluding hydrogens is 242 g/mol. The molecule has 0 fully saturated rings. The number of hydrogen-bond acceptors (Lipinski definition) is 3. The third kappa shape index (κ3) is 4.37. The second-order valence-corrected chi connectivity index (χ2v) is 4.58. The quantitative estimate of drug-likeness (QED) is 0.830. The van der Waals surface area contributed by atoms with Crippen molar-refractivity contribution in [1.82, 2.24) is 10.2 Å². The Morgan fingerprint density at radius 2 is 1.95 bits per heavy atom. The molecule has 5 nitrogen and oxygen atoms in total. The highest BCUT2D eigenvalue weighted by atomic mass is 16.2. The zero-order chi connectivity index (χ0) is 14.4. The van der Waals surface area contributed by atoms with Crippen molar-refractivity contribution in [2.45, 2.75) is 13.8 Å². The number of aryl methyl sites for hydroxylation is 1. The van der Waals surface area contributed by atoms with Crippen molar-refractivity contribution in [3.05, 3.63) is 29.3 Å². The number of likely N-dealkylation sites (N-methyl/N-ethyl adjacent to an activating group) is 2. The van der Waals surface area contributed by atoms with Gasteiger partial charge in [0.15, 0.2) is 0 Å². The van der Waals surface area contributed by atoms with E-state index in [-0.39, 0.29) is 24.9 Å². The first-order chi connectivity index (χ1) is 8.95. The van der Waals surface area contributed by atoms with Gasteiger partial charge in [-0.2, -0.15) is 0 Å². The molecule has 0 atom stereocenters. The van der Waals surface area contributed by atoms with E-state index in [1.54, 1.807) is 14.1 Å². The van der Waals surface area contributed by atoms with Gasteiger partial charge in [0.2, 0.25) is 11.8 Å². The van der Waals surface area contributed by atoms with Gasteiger partial charge >= 0.3 is 0 Å². The van der Waals surface area contributed by atoms with Crippen LogP contribution in [0.4, 0.5) is 5.69 Å². The monoisotopic (exact) mass is 263 g/mol. The minimum atomic E-state index is -0.194. The first-order valence-corrected chi connectivity index (χ1v) is 6.20. The number of hydrogen-bond donors (Lipinski definition) is 2. The number of nitrogens with one attached hydrogen (secondary N) is 2. The molecule has 0 aliphatic carbocycles. The summed E-state index contributed by atoms with van der Waals surface area (Å²) < 4.78 is 0. The second-order valence-electron chi connectivity index (χ2n) is 4.58. The summed E-state index contributed by atoms with van der Waals surface area (Å²) in [6.07, 6.45) is 0. The van der Waals surface area contributed by atoms with Crippen LogP contribution in [0.2, 0.25) is 0 Å². The Kier molecular flexibility index (Phi) is 5.51. The molecule has 0 unspecified atom stereocenters. The number of nitrogens with zero attached hydrogens (tertiary/aromatic N) is 1. The standard InChI is InChI=1S/C14H21N3O2/c1-10-6-5-7-12(11(10)2)16-13(18)9-17(4)14(19)8-15-3/h5-7,15H,8-9H2,1-4H3,(H,16,18). The van der Waals surface area contributed by atoms with Crippen LogP contribution < -0.4 is 10.6 Å². The number of anilines is 1. The van der Waals surface area contributed by atoms with E-state index >= 15 is 0 Å². The zero-order valence-corrected chi connectivity index (χ0v) is 11.9. The van der Waals surface area contributed by atoms with Crippen molar-refractivity contribution in [3.8, 4) is 0 Å². The lowest BCUT2D eigenvalue weighted by Gasteiger charge is -2.17. The fourth-order valence-electron chi connectivity index (χ4n) is 1.67. The topological polar surface area (TPSA) is 61.4 Å². The van der Waals surface area contributed by atoms with Crippen LogP contribution >= 0.6 is 0 Å². The zero-order valence-electron chi connectivity index (χ0n) is 11.9. The molecule has 0 saturated heterocycles. The van der Waals surface area contributed by atoms with E-state index in [0.717, 1.165) is 16.8 Å². The van der Waals surface area contributed by atoms with Gasteiger partial charge in [0.05, 0.1) is 13.1 Å². The number of carbonyl (C=O) groups excluding carboxylic acids is 2. The lowest BCUT2D eigenvalue weighted by atomic mass is 10.1. The van der Waals surface area contributed by atoms with Gasteiger partial charge in [0.1, 0.15) is 0 Å². The summed E-state index contributed by atoms with van der Waals surface area (Å²) in [4.78, 5) is 24.8. The summed E-state index contributed by atoms with van der Waals surface area (Å²) in [6, 6.07) is 5.75. The highest BCUT2D eigenvalue weighted by Gasteiger charge is 2.12. The first-order valence-electron chi connectivity index (χ1n) is 6.20. The van der Waals surface area contributed by atoms with Gasteiger partial charge in [-0.3, -0.25) is 9.59 Å². The van der Waals surface area contributed by atoms with E-state index in [0.29, 0.717) is 0 Å². The van der Waals surface area contributed by atoms with Gasteiger partial charge in [-0.15, -0.1) is 0 Å². The molecule has 19 heavy (non-hydrogen) atoms. The third-order valence-corrected chi connectivity index (χ3v) is 3.01. The van der Waals surface area contributed by atoms with Crippen molar-refractivity contribution in [1.29, 1.82) is 0 Å². The summed E-state index contributed by atoms with van der Waals surface area (Å²) in [7, 11) is 3.31. The van der Waals surface area contributed by atoms with Gasteiger partial charge in [-0.25, -0.2) is 0 Å². The maximum absolute atomic E-state index is 11.9. The van der Waals surface area contributed by atoms with Crippen molar-refractivity contribution in [2.75, 3.05) is 32.5 Å². The highest BCUT2D eigenvalue weighted by molar-refractivity contribution is 5.95. The molecule has 0 heterocycles. The van der Waals surface area contributed by atoms with Crippen LogP contribution in [-0.4, -0.2) is 43.9 Å². The second kappa shape index (κ2) is 6.89. The normalized spacial score (nSPS) is 10.1. The third-order valence-electron chi connectivity index (χ3n) is 3.01. The Balaban J connectivity index is 2.60. The van der Waals surface area contributed by atoms with Crippen LogP contribution in [0.1, 0.15) is 11.1 Å². The molecule has 0 aliphatic rings. The predicted octanol–water partition coefficient (Wildman–Crippen LogP) is 0.920. The van der Waals surface area contributed by atoms with Crippen LogP contribution in [0.3, 0.4) is 0 Å². The number of amides is 2. The number of rotatable bonds is 5. The van der Waals surface area contributed by atoms with Crippen LogP contribution in [0.25, 0.3) is 0 Å². The van der Waals surface area contributed by atoms with Gasteiger partial charge < -0.3 is 15.5 Å². The number of carbonyl (C=O) groups is 2. The molecule has 5 heteroatoms. The molecule has 0 spiro atoms. The van der Waals surface area contributed by atoms with E-state index in [2.05, 4.69) is 10.6 Å². The molecule has 2 N–H and O–H groups in total. The van der Waals surface area contributed by atoms with Crippen LogP contribution in [-0.2, 0) is 9.59 Å². The fourth-order valence-corrected chi connectivity index (χ4v) is 1.67. The van der Waals surface area contributed by atoms with Crippen LogP contribution in [0, 0.1) is 13.8 Å². The molecule has 0 aliphatic heterocycles. The molecule has 1 rings (SSSR count). The van der Waals surface area contributed by atoms with E-state index in [1.165, 1.54) is 4.90 Å². The summed E-state index contributed by atoms with van der Waals surface area (Å²) in [5, 5.41) is 5.59. The Morgan fingerprint density at radius 1 is 1.26 bits per heavy atom. The van der Waals surface area contributed by atoms with Crippen LogP contribution in [0.5, 0.6) is 0 Å². The van der Waals surface area contributed by atoms with E-state index in [1.807, 2.05) is 32.0 Å². The Labute approximate surface area is 114 Å². The summed E-state index contributed by atoms with van der Waals surface area (Å²) >= 11 is 0. The van der Waals surface area contributed by atoms with Gasteiger partial charge in [0.25, 0.3) is 0 Å². The summed E-state index contributed by atoms with van der Waals surface area (Å²) in [5.74, 6) is -0.306. The Bertz CT molecular complexity index is 472. The molecule has 0 bridgehead atoms. The average molecular weight is 263 g/mol. The molecule has 104 valence electrons. The fraction of sp³-hybridized carbons (Fsp3) is 0.429. The Hall–Kier alpha value is -1.88. The minimum Gasteiger partial charge on any atom is -0.335 e. The molecule has 0 saturated carbocycles. The lowest BCUT2D eigenvalue weighted by molar-refractivity contribution is -0.132. The SMILES string of the molecule is CNCC(=O)N(C)CC(=O)Nc1cccc(C)c1C. The molecule has 0 radical (unpaired) electrons. The maximum atomic E-state index is 11.9. The van der Waals surface area contributed by atoms with E-state index in [9.17, 15) is 9.59 Å². The Morgan fingerprint density at radius 3 is 2.58 bits per heavy atom. The number of benzene rings is 1. The lowest BCUT2D eigenvalue weighted by Crippen LogP contribution is -2.39. The van der Waals surface area contributed by atoms with Crippen molar-refractivity contribution < 1.29 is 9.59 Å². The van der Waals surface area contributed by atoms with Crippen molar-refractivity contribution in [3.63, 3.8) is 0 Å². The largest absolute Gasteiger partial charge is 0.335 e. The summed E-state index contributed by atoms with van der Waals surface area (Å²) in [5.41, 5.74) is 2.96. The van der Waals surface area contributed by atoms with Gasteiger partial charge in [0, 0.05) is 12.7 Å². The van der Waals surface area contributed by atoms with E-state index in [4.69, 9.17) is 0 Å². The molecule has 0 aromatic heterocycles. The predicted molar refractivity (Wildman–Crippen MR) is 76.1 cm³/mol. The molecule has 1 aromatic carbocycles. The van der Waals surface area contributed by atoms with Crippen molar-refractivity contribution in [2.24, 2.45) is 0 Å². The van der Waals surface area contributed by atoms with Crippen molar-refractivity contribution >= 4 is 17.5 Å². The summed E-state index contributed by atoms with van der Waals surface area (Å²) in [6.45, 7) is 4.23.